The van der Waals surface area contributed by atoms with Crippen molar-refractivity contribution in [1.29, 1.82) is 0 Å². The summed E-state index contributed by atoms with van der Waals surface area (Å²) in [6.45, 7) is 2.86. The summed E-state index contributed by atoms with van der Waals surface area (Å²) in [6, 6.07) is 8.57. The Morgan fingerprint density at radius 1 is 1.32 bits per heavy atom. The number of nitrogens with one attached hydrogen (secondary N) is 1. The Balaban J connectivity index is 1.66. The molecular formula is C18H29N3O3S. The average Bonchev–Trinajstić information content (AvgIpc) is 3.44. The first-order valence-corrected chi connectivity index (χ1v) is 10.5. The van der Waals surface area contributed by atoms with Crippen LogP contribution in [-0.4, -0.2) is 65.4 Å². The molecule has 7 heteroatoms. The molecule has 0 heterocycles. The highest BCUT2D eigenvalue weighted by atomic mass is 32.2. The molecule has 0 amide bonds. The fourth-order valence-corrected chi connectivity index (χ4v) is 3.77. The molecule has 1 aliphatic carbocycles. The van der Waals surface area contributed by atoms with Crippen LogP contribution in [0, 0.1) is 5.92 Å². The number of likely N-dealkylation sites (N-methyl/N-ethyl adjacent to an activating group) is 1. The molecular weight excluding hydrogens is 338 g/mol. The second kappa shape index (κ2) is 9.77. The summed E-state index contributed by atoms with van der Waals surface area (Å²) in [4.78, 5) is 6.61. The number of aliphatic imine (C=N–C) groups is 1. The maximum absolute atomic E-state index is 12.2. The predicted octanol–water partition coefficient (Wildman–Crippen LogP) is 1.78. The number of benzene rings is 1. The van der Waals surface area contributed by atoms with Crippen LogP contribution >= 0.6 is 0 Å². The molecule has 1 saturated carbocycles. The van der Waals surface area contributed by atoms with E-state index in [0.29, 0.717) is 24.5 Å². The van der Waals surface area contributed by atoms with Gasteiger partial charge in [-0.25, -0.2) is 8.42 Å². The van der Waals surface area contributed by atoms with Crippen LogP contribution in [0.2, 0.25) is 0 Å². The highest BCUT2D eigenvalue weighted by Crippen LogP contribution is 2.28. The van der Waals surface area contributed by atoms with E-state index in [9.17, 15) is 8.42 Å². The van der Waals surface area contributed by atoms with Crippen molar-refractivity contribution in [2.24, 2.45) is 10.9 Å². The molecule has 0 spiro atoms. The number of sulfone groups is 1. The molecule has 0 radical (unpaired) electrons. The van der Waals surface area contributed by atoms with E-state index in [1.807, 2.05) is 18.0 Å². The number of hydrogen-bond donors (Lipinski definition) is 1. The van der Waals surface area contributed by atoms with E-state index in [2.05, 4.69) is 10.3 Å². The minimum Gasteiger partial charge on any atom is -0.379 e. The molecule has 6 nitrogen and oxygen atoms in total. The molecule has 1 fully saturated rings. The van der Waals surface area contributed by atoms with Gasteiger partial charge in [0, 0.05) is 33.8 Å². The lowest BCUT2D eigenvalue weighted by atomic mass is 10.4. The van der Waals surface area contributed by atoms with Crippen molar-refractivity contribution in [3.8, 4) is 0 Å². The van der Waals surface area contributed by atoms with Gasteiger partial charge in [-0.2, -0.15) is 0 Å². The number of rotatable bonds is 10. The van der Waals surface area contributed by atoms with Crippen LogP contribution in [0.1, 0.15) is 19.3 Å². The summed E-state index contributed by atoms with van der Waals surface area (Å²) >= 11 is 0. The molecule has 0 aromatic heterocycles. The maximum atomic E-state index is 12.2. The molecule has 25 heavy (non-hydrogen) atoms. The van der Waals surface area contributed by atoms with Gasteiger partial charge in [0.2, 0.25) is 0 Å². The highest BCUT2D eigenvalue weighted by Gasteiger charge is 2.21. The first kappa shape index (κ1) is 19.7. The summed E-state index contributed by atoms with van der Waals surface area (Å²) < 4.78 is 30.1. The van der Waals surface area contributed by atoms with Gasteiger partial charge < -0.3 is 15.0 Å². The molecule has 1 aromatic carbocycles. The maximum Gasteiger partial charge on any atom is 0.193 e. The largest absolute Gasteiger partial charge is 0.379 e. The molecule has 140 valence electrons. The van der Waals surface area contributed by atoms with Crippen LogP contribution in [0.15, 0.2) is 40.2 Å². The summed E-state index contributed by atoms with van der Waals surface area (Å²) in [5.41, 5.74) is 0. The van der Waals surface area contributed by atoms with Gasteiger partial charge in [-0.1, -0.05) is 18.2 Å². The normalized spacial score (nSPS) is 15.2. The van der Waals surface area contributed by atoms with E-state index in [1.54, 1.807) is 31.3 Å². The Morgan fingerprint density at radius 2 is 2.04 bits per heavy atom. The number of hydrogen-bond acceptors (Lipinski definition) is 4. The third-order valence-corrected chi connectivity index (χ3v) is 5.99. The topological polar surface area (TPSA) is 71.0 Å². The van der Waals surface area contributed by atoms with Crippen molar-refractivity contribution in [3.05, 3.63) is 30.3 Å². The fraction of sp³-hybridized carbons (Fsp3) is 0.611. The minimum atomic E-state index is -3.22. The van der Waals surface area contributed by atoms with Crippen LogP contribution in [-0.2, 0) is 14.6 Å². The summed E-state index contributed by atoms with van der Waals surface area (Å²) in [6.07, 6.45) is 3.12. The van der Waals surface area contributed by atoms with E-state index in [-0.39, 0.29) is 5.75 Å². The third kappa shape index (κ3) is 7.04. The zero-order valence-electron chi connectivity index (χ0n) is 15.1. The van der Waals surface area contributed by atoms with E-state index in [0.717, 1.165) is 25.0 Å². The Labute approximate surface area is 151 Å². The SMILES string of the molecule is CN=C(NCCCS(=O)(=O)c1ccccc1)N(C)CCOCC1CC1. The monoisotopic (exact) mass is 367 g/mol. The van der Waals surface area contributed by atoms with Crippen LogP contribution < -0.4 is 5.32 Å². The number of nitrogens with zero attached hydrogens (tertiary/aromatic N) is 2. The highest BCUT2D eigenvalue weighted by molar-refractivity contribution is 7.91. The molecule has 0 aliphatic heterocycles. The Hall–Kier alpha value is -1.60. The van der Waals surface area contributed by atoms with Crippen LogP contribution in [0.3, 0.4) is 0 Å². The first-order valence-electron chi connectivity index (χ1n) is 8.80. The van der Waals surface area contributed by atoms with Gasteiger partial charge in [0.1, 0.15) is 0 Å². The number of guanidine groups is 1. The Kier molecular flexibility index (Phi) is 7.71. The van der Waals surface area contributed by atoms with Crippen molar-refractivity contribution in [3.63, 3.8) is 0 Å². The zero-order valence-corrected chi connectivity index (χ0v) is 16.0. The molecule has 0 bridgehead atoms. The molecule has 0 saturated heterocycles. The van der Waals surface area contributed by atoms with Crippen molar-refractivity contribution < 1.29 is 13.2 Å². The summed E-state index contributed by atoms with van der Waals surface area (Å²) in [5, 5.41) is 3.21. The predicted molar refractivity (Wildman–Crippen MR) is 101 cm³/mol. The second-order valence-electron chi connectivity index (χ2n) is 6.40. The zero-order chi connectivity index (χ0) is 18.1. The molecule has 0 atom stereocenters. The van der Waals surface area contributed by atoms with Crippen molar-refractivity contribution >= 4 is 15.8 Å². The van der Waals surface area contributed by atoms with Crippen molar-refractivity contribution in [2.75, 3.05) is 46.2 Å². The van der Waals surface area contributed by atoms with Crippen LogP contribution in [0.4, 0.5) is 0 Å². The van der Waals surface area contributed by atoms with Gasteiger partial charge in [0.25, 0.3) is 0 Å². The Bertz CT molecular complexity index is 643. The van der Waals surface area contributed by atoms with Crippen molar-refractivity contribution in [2.45, 2.75) is 24.2 Å². The van der Waals surface area contributed by atoms with Crippen LogP contribution in [0.5, 0.6) is 0 Å². The minimum absolute atomic E-state index is 0.120. The summed E-state index contributed by atoms with van der Waals surface area (Å²) in [5.74, 6) is 1.65. The van der Waals surface area contributed by atoms with Gasteiger partial charge in [-0.15, -0.1) is 0 Å². The Morgan fingerprint density at radius 3 is 2.68 bits per heavy atom. The van der Waals surface area contributed by atoms with Gasteiger partial charge in [-0.3, -0.25) is 4.99 Å². The third-order valence-electron chi connectivity index (χ3n) is 4.17. The van der Waals surface area contributed by atoms with E-state index in [4.69, 9.17) is 4.74 Å². The average molecular weight is 368 g/mol. The molecule has 1 aliphatic rings. The van der Waals surface area contributed by atoms with E-state index in [1.165, 1.54) is 12.8 Å². The standard InChI is InChI=1S/C18H29N3O3S/c1-19-18(21(2)12-13-24-15-16-9-10-16)20-11-6-14-25(22,23)17-7-4-3-5-8-17/h3-5,7-8,16H,6,9-15H2,1-2H3,(H,19,20). The summed E-state index contributed by atoms with van der Waals surface area (Å²) in [7, 11) is 0.463. The van der Waals surface area contributed by atoms with Crippen LogP contribution in [0.25, 0.3) is 0 Å². The second-order valence-corrected chi connectivity index (χ2v) is 8.51. The quantitative estimate of drug-likeness (QED) is 0.388. The number of ether oxygens (including phenoxy) is 1. The lowest BCUT2D eigenvalue weighted by Gasteiger charge is -2.22. The smallest absolute Gasteiger partial charge is 0.193 e. The van der Waals surface area contributed by atoms with Gasteiger partial charge in [0.15, 0.2) is 15.8 Å². The van der Waals surface area contributed by atoms with Gasteiger partial charge in [-0.05, 0) is 37.3 Å². The molecule has 2 rings (SSSR count). The molecule has 1 N–H and O–H groups in total. The molecule has 1 aromatic rings. The van der Waals surface area contributed by atoms with Gasteiger partial charge in [0.05, 0.1) is 17.3 Å². The fourth-order valence-electron chi connectivity index (χ4n) is 2.43. The first-order chi connectivity index (χ1) is 12.0. The van der Waals surface area contributed by atoms with E-state index < -0.39 is 9.84 Å². The lowest BCUT2D eigenvalue weighted by molar-refractivity contribution is 0.115. The van der Waals surface area contributed by atoms with Gasteiger partial charge >= 0.3 is 0 Å². The molecule has 0 unspecified atom stereocenters. The lowest BCUT2D eigenvalue weighted by Crippen LogP contribution is -2.41. The van der Waals surface area contributed by atoms with Crippen molar-refractivity contribution in [1.82, 2.24) is 10.2 Å². The van der Waals surface area contributed by atoms with E-state index >= 15 is 0 Å².